The van der Waals surface area contributed by atoms with Crippen LogP contribution in [0.25, 0.3) is 23.0 Å². The summed E-state index contributed by atoms with van der Waals surface area (Å²) in [6, 6.07) is 13.5. The zero-order chi connectivity index (χ0) is 21.1. The number of rotatable bonds is 6. The number of nitrogens with zero attached hydrogens (tertiary/aromatic N) is 3. The van der Waals surface area contributed by atoms with Crippen molar-refractivity contribution < 1.29 is 18.1 Å². The van der Waals surface area contributed by atoms with Gasteiger partial charge in [0.15, 0.2) is 0 Å². The van der Waals surface area contributed by atoms with Gasteiger partial charge in [-0.15, -0.1) is 0 Å². The lowest BCUT2D eigenvalue weighted by molar-refractivity contribution is -0.121. The minimum atomic E-state index is -0.511. The van der Waals surface area contributed by atoms with Gasteiger partial charge in [0, 0.05) is 18.3 Å². The Bertz CT molecular complexity index is 1190. The van der Waals surface area contributed by atoms with Crippen LogP contribution in [0.15, 0.2) is 65.3 Å². The molecule has 2 heterocycles. The summed E-state index contributed by atoms with van der Waals surface area (Å²) < 4.78 is 33.3. The van der Waals surface area contributed by atoms with Crippen molar-refractivity contribution >= 4 is 17.5 Å². The molecule has 0 aliphatic rings. The molecule has 2 aromatic heterocycles. The predicted octanol–water partition coefficient (Wildman–Crippen LogP) is 4.45. The van der Waals surface area contributed by atoms with Crippen molar-refractivity contribution in [3.63, 3.8) is 0 Å². The molecule has 0 unspecified atom stereocenters. The van der Waals surface area contributed by atoms with E-state index in [1.807, 2.05) is 0 Å². The summed E-state index contributed by atoms with van der Waals surface area (Å²) in [5, 5.41) is 6.68. The molecule has 4 aromatic rings. The minimum absolute atomic E-state index is 0.00259. The van der Waals surface area contributed by atoms with Crippen molar-refractivity contribution in [3.05, 3.63) is 83.0 Å². The van der Waals surface area contributed by atoms with E-state index in [1.165, 1.54) is 24.3 Å². The van der Waals surface area contributed by atoms with Gasteiger partial charge < -0.3 is 14.4 Å². The van der Waals surface area contributed by atoms with E-state index < -0.39 is 5.82 Å². The summed E-state index contributed by atoms with van der Waals surface area (Å²) in [7, 11) is 0. The second-order valence-electron chi connectivity index (χ2n) is 6.48. The molecule has 0 fully saturated rings. The number of nitrogens with one attached hydrogen (secondary N) is 1. The molecule has 0 spiro atoms. The molecule has 9 heteroatoms. The molecule has 2 aromatic carbocycles. The molecule has 0 atom stereocenters. The molecule has 1 N–H and O–H groups in total. The van der Waals surface area contributed by atoms with Gasteiger partial charge in [0.25, 0.3) is 5.89 Å². The first-order valence-corrected chi connectivity index (χ1v) is 9.33. The zero-order valence-corrected chi connectivity index (χ0v) is 16.2. The monoisotopic (exact) mass is 428 g/mol. The first-order valence-electron chi connectivity index (χ1n) is 8.95. The average molecular weight is 429 g/mol. The second kappa shape index (κ2) is 8.46. The third kappa shape index (κ3) is 4.38. The zero-order valence-electron chi connectivity index (χ0n) is 15.5. The van der Waals surface area contributed by atoms with E-state index in [9.17, 15) is 13.6 Å². The highest BCUT2D eigenvalue weighted by Crippen LogP contribution is 2.23. The lowest BCUT2D eigenvalue weighted by atomic mass is 10.2. The number of carbonyl (C=O) groups excluding carboxylic acids is 1. The largest absolute Gasteiger partial charge is 0.350 e. The van der Waals surface area contributed by atoms with Crippen LogP contribution in [0, 0.1) is 11.6 Å². The molecule has 0 aliphatic heterocycles. The number of halogens is 3. The topological polar surface area (TPSA) is 73.0 Å². The van der Waals surface area contributed by atoms with Crippen molar-refractivity contribution in [1.82, 2.24) is 20.0 Å². The van der Waals surface area contributed by atoms with E-state index in [1.54, 1.807) is 41.1 Å². The lowest BCUT2D eigenvalue weighted by Gasteiger charge is -2.08. The highest BCUT2D eigenvalue weighted by molar-refractivity contribution is 6.30. The summed E-state index contributed by atoms with van der Waals surface area (Å²) in [6.45, 7) is 0.232. The van der Waals surface area contributed by atoms with Crippen molar-refractivity contribution in [3.8, 4) is 23.0 Å². The average Bonchev–Trinajstić information content (AvgIpc) is 3.39. The van der Waals surface area contributed by atoms with E-state index in [2.05, 4.69) is 15.5 Å². The number of amides is 1. The lowest BCUT2D eigenvalue weighted by Crippen LogP contribution is -2.27. The summed E-state index contributed by atoms with van der Waals surface area (Å²) in [6.07, 6.45) is 1.71. The van der Waals surface area contributed by atoms with Crippen molar-refractivity contribution in [1.29, 1.82) is 0 Å². The standard InChI is InChI=1S/C21H15ClF2N4O2/c22-16-10-13(3-8-17(16)24)11-25-19(29)12-28-9-1-2-18(28)21-26-20(27-30-21)14-4-6-15(23)7-5-14/h1-10H,11-12H2,(H,25,29). The minimum Gasteiger partial charge on any atom is -0.350 e. The van der Waals surface area contributed by atoms with E-state index in [0.29, 0.717) is 22.6 Å². The normalized spacial score (nSPS) is 10.9. The predicted molar refractivity (Wildman–Crippen MR) is 106 cm³/mol. The van der Waals surface area contributed by atoms with Crippen molar-refractivity contribution in [2.45, 2.75) is 13.1 Å². The Balaban J connectivity index is 1.43. The van der Waals surface area contributed by atoms with Crippen LogP contribution in [-0.2, 0) is 17.9 Å². The molecular weight excluding hydrogens is 414 g/mol. The highest BCUT2D eigenvalue weighted by atomic mass is 35.5. The number of hydrogen-bond acceptors (Lipinski definition) is 4. The van der Waals surface area contributed by atoms with Crippen molar-refractivity contribution in [2.75, 3.05) is 0 Å². The Labute approximate surface area is 175 Å². The van der Waals surface area contributed by atoms with Gasteiger partial charge in [-0.1, -0.05) is 22.8 Å². The molecule has 0 saturated heterocycles. The fourth-order valence-electron chi connectivity index (χ4n) is 2.85. The molecule has 6 nitrogen and oxygen atoms in total. The first-order chi connectivity index (χ1) is 14.5. The van der Waals surface area contributed by atoms with Crippen LogP contribution >= 0.6 is 11.6 Å². The quantitative estimate of drug-likeness (QED) is 0.492. The summed E-state index contributed by atoms with van der Waals surface area (Å²) in [5.74, 6) is -0.576. The maximum Gasteiger partial charge on any atom is 0.274 e. The fraction of sp³-hybridized carbons (Fsp3) is 0.0952. The Morgan fingerprint density at radius 1 is 1.13 bits per heavy atom. The SMILES string of the molecule is O=C(Cn1cccc1-c1nc(-c2ccc(F)cc2)no1)NCc1ccc(F)c(Cl)c1. The first kappa shape index (κ1) is 19.8. The number of carbonyl (C=O) groups is 1. The Morgan fingerprint density at radius 3 is 2.70 bits per heavy atom. The smallest absolute Gasteiger partial charge is 0.274 e. The highest BCUT2D eigenvalue weighted by Gasteiger charge is 2.15. The van der Waals surface area contributed by atoms with E-state index in [-0.39, 0.29) is 35.7 Å². The van der Waals surface area contributed by atoms with Gasteiger partial charge >= 0.3 is 0 Å². The van der Waals surface area contributed by atoms with E-state index >= 15 is 0 Å². The molecule has 0 saturated carbocycles. The van der Waals surface area contributed by atoms with Crippen LogP contribution in [0.3, 0.4) is 0 Å². The van der Waals surface area contributed by atoms with E-state index in [4.69, 9.17) is 16.1 Å². The van der Waals surface area contributed by atoms with Crippen LogP contribution in [0.1, 0.15) is 5.56 Å². The third-order valence-electron chi connectivity index (χ3n) is 4.36. The molecule has 0 aliphatic carbocycles. The van der Waals surface area contributed by atoms with Crippen molar-refractivity contribution in [2.24, 2.45) is 0 Å². The summed E-state index contributed by atoms with van der Waals surface area (Å²) in [4.78, 5) is 16.7. The molecule has 30 heavy (non-hydrogen) atoms. The second-order valence-corrected chi connectivity index (χ2v) is 6.88. The van der Waals surface area contributed by atoms with Gasteiger partial charge in [0.2, 0.25) is 11.7 Å². The van der Waals surface area contributed by atoms with Gasteiger partial charge in [-0.3, -0.25) is 4.79 Å². The Morgan fingerprint density at radius 2 is 1.93 bits per heavy atom. The van der Waals surface area contributed by atoms with Crippen LogP contribution < -0.4 is 5.32 Å². The van der Waals surface area contributed by atoms with Crippen LogP contribution in [0.5, 0.6) is 0 Å². The van der Waals surface area contributed by atoms with Gasteiger partial charge in [-0.05, 0) is 54.1 Å². The molecular formula is C21H15ClF2N4O2. The molecule has 0 bridgehead atoms. The maximum atomic E-state index is 13.2. The van der Waals surface area contributed by atoms with Crippen LogP contribution in [-0.4, -0.2) is 20.6 Å². The number of aromatic nitrogens is 3. The van der Waals surface area contributed by atoms with Gasteiger partial charge in [0.1, 0.15) is 23.9 Å². The Hall–Kier alpha value is -3.52. The molecule has 0 radical (unpaired) electrons. The summed E-state index contributed by atoms with van der Waals surface area (Å²) >= 11 is 5.75. The maximum absolute atomic E-state index is 13.2. The fourth-order valence-corrected chi connectivity index (χ4v) is 3.05. The van der Waals surface area contributed by atoms with Gasteiger partial charge in [-0.25, -0.2) is 8.78 Å². The van der Waals surface area contributed by atoms with Crippen LogP contribution in [0.4, 0.5) is 8.78 Å². The molecule has 4 rings (SSSR count). The van der Waals surface area contributed by atoms with Gasteiger partial charge in [0.05, 0.1) is 5.02 Å². The summed E-state index contributed by atoms with van der Waals surface area (Å²) in [5.41, 5.74) is 1.86. The third-order valence-corrected chi connectivity index (χ3v) is 4.65. The van der Waals surface area contributed by atoms with Gasteiger partial charge in [-0.2, -0.15) is 4.98 Å². The molecule has 1 amide bonds. The van der Waals surface area contributed by atoms with E-state index in [0.717, 1.165) is 0 Å². The van der Waals surface area contributed by atoms with Crippen LogP contribution in [0.2, 0.25) is 5.02 Å². The Kier molecular flexibility index (Phi) is 5.58. The molecule has 152 valence electrons. The number of hydrogen-bond donors (Lipinski definition) is 1. The number of benzene rings is 2.